The van der Waals surface area contributed by atoms with Crippen LogP contribution in [0.1, 0.15) is 18.0 Å². The molecule has 0 saturated heterocycles. The Labute approximate surface area is 175 Å². The molecule has 0 fully saturated rings. The third-order valence-electron chi connectivity index (χ3n) is 3.64. The molecule has 1 heterocycles. The lowest BCUT2D eigenvalue weighted by atomic mass is 10.3. The van der Waals surface area contributed by atoms with E-state index in [4.69, 9.17) is 5.73 Å². The van der Waals surface area contributed by atoms with Crippen molar-refractivity contribution in [1.82, 2.24) is 15.0 Å². The van der Waals surface area contributed by atoms with Gasteiger partial charge in [-0.3, -0.25) is 4.79 Å². The van der Waals surface area contributed by atoms with E-state index in [2.05, 4.69) is 41.5 Å². The van der Waals surface area contributed by atoms with Crippen molar-refractivity contribution in [2.75, 3.05) is 22.1 Å². The first kappa shape index (κ1) is 20.1. The molecule has 0 spiro atoms. The Morgan fingerprint density at radius 1 is 1.11 bits per heavy atom. The minimum atomic E-state index is -0.130. The summed E-state index contributed by atoms with van der Waals surface area (Å²) in [5, 5.41) is 5.84. The quantitative estimate of drug-likeness (QED) is 0.481. The SMILES string of the molecule is C[C@H](SCC(=O)Nc1cccc(Br)c1)c1nc(N)nc(Nc2ccccc2)n1. The summed E-state index contributed by atoms with van der Waals surface area (Å²) in [5.41, 5.74) is 7.42. The van der Waals surface area contributed by atoms with E-state index in [1.807, 2.05) is 61.5 Å². The Kier molecular flexibility index (Phi) is 6.83. The number of aromatic nitrogens is 3. The summed E-state index contributed by atoms with van der Waals surface area (Å²) in [5.74, 6) is 1.20. The van der Waals surface area contributed by atoms with Crippen LogP contribution in [0.2, 0.25) is 0 Å². The number of carbonyl (C=O) groups is 1. The number of benzene rings is 2. The number of thioether (sulfide) groups is 1. The lowest BCUT2D eigenvalue weighted by molar-refractivity contribution is -0.113. The molecule has 28 heavy (non-hydrogen) atoms. The molecule has 1 amide bonds. The lowest BCUT2D eigenvalue weighted by Crippen LogP contribution is -2.15. The molecule has 9 heteroatoms. The molecular weight excluding hydrogens is 440 g/mol. The Bertz CT molecular complexity index is 956. The van der Waals surface area contributed by atoms with Crippen molar-refractivity contribution in [2.24, 2.45) is 0 Å². The fraction of sp³-hybridized carbons (Fsp3) is 0.158. The lowest BCUT2D eigenvalue weighted by Gasteiger charge is -2.12. The fourth-order valence-corrected chi connectivity index (χ4v) is 3.46. The summed E-state index contributed by atoms with van der Waals surface area (Å²) >= 11 is 4.81. The summed E-state index contributed by atoms with van der Waals surface area (Å²) in [7, 11) is 0. The van der Waals surface area contributed by atoms with Crippen molar-refractivity contribution in [3.8, 4) is 0 Å². The van der Waals surface area contributed by atoms with Gasteiger partial charge in [0.15, 0.2) is 0 Å². The molecule has 0 aliphatic heterocycles. The van der Waals surface area contributed by atoms with E-state index in [9.17, 15) is 4.79 Å². The summed E-state index contributed by atoms with van der Waals surface area (Å²) < 4.78 is 0.908. The molecule has 2 aromatic carbocycles. The van der Waals surface area contributed by atoms with Crippen LogP contribution in [0.5, 0.6) is 0 Å². The standard InChI is InChI=1S/C19H19BrN6OS/c1-12(28-11-16(27)22-15-9-5-6-13(20)10-15)17-24-18(21)26-19(25-17)23-14-7-3-2-4-8-14/h2-10,12H,11H2,1H3,(H,22,27)(H3,21,23,24,25,26)/t12-/m0/s1. The van der Waals surface area contributed by atoms with Gasteiger partial charge in [-0.1, -0.05) is 40.2 Å². The van der Waals surface area contributed by atoms with Crippen LogP contribution in [0.4, 0.5) is 23.3 Å². The molecular formula is C19H19BrN6OS. The number of nitrogens with two attached hydrogens (primary N) is 1. The highest BCUT2D eigenvalue weighted by Gasteiger charge is 2.15. The largest absolute Gasteiger partial charge is 0.368 e. The number of rotatable bonds is 7. The van der Waals surface area contributed by atoms with Crippen LogP contribution in [0.3, 0.4) is 0 Å². The number of halogens is 1. The summed E-state index contributed by atoms with van der Waals surface area (Å²) in [6.07, 6.45) is 0. The first-order chi connectivity index (χ1) is 13.5. The summed E-state index contributed by atoms with van der Waals surface area (Å²) in [6.45, 7) is 1.93. The van der Waals surface area contributed by atoms with Crippen molar-refractivity contribution >= 4 is 56.9 Å². The number of nitrogens with one attached hydrogen (secondary N) is 2. The van der Waals surface area contributed by atoms with Gasteiger partial charge in [0.05, 0.1) is 11.0 Å². The maximum Gasteiger partial charge on any atom is 0.234 e. The highest BCUT2D eigenvalue weighted by atomic mass is 79.9. The van der Waals surface area contributed by atoms with Crippen LogP contribution in [0.25, 0.3) is 0 Å². The second kappa shape index (κ2) is 9.52. The number of para-hydroxylation sites is 1. The van der Waals surface area contributed by atoms with Gasteiger partial charge >= 0.3 is 0 Å². The topological polar surface area (TPSA) is 106 Å². The van der Waals surface area contributed by atoms with E-state index in [1.165, 1.54) is 11.8 Å². The van der Waals surface area contributed by atoms with E-state index in [1.54, 1.807) is 0 Å². The monoisotopic (exact) mass is 458 g/mol. The van der Waals surface area contributed by atoms with Crippen LogP contribution in [-0.4, -0.2) is 26.6 Å². The molecule has 0 unspecified atom stereocenters. The summed E-state index contributed by atoms with van der Waals surface area (Å²) in [4.78, 5) is 25.0. The maximum atomic E-state index is 12.2. The molecule has 0 aliphatic rings. The third kappa shape index (κ3) is 5.93. The highest BCUT2D eigenvalue weighted by molar-refractivity contribution is 9.10. The molecule has 144 valence electrons. The van der Waals surface area contributed by atoms with Crippen molar-refractivity contribution < 1.29 is 4.79 Å². The number of carbonyl (C=O) groups excluding carboxylic acids is 1. The second-order valence-corrected chi connectivity index (χ2v) is 8.12. The average molecular weight is 459 g/mol. The van der Waals surface area contributed by atoms with Crippen molar-refractivity contribution in [2.45, 2.75) is 12.2 Å². The van der Waals surface area contributed by atoms with Crippen LogP contribution in [0, 0.1) is 0 Å². The third-order valence-corrected chi connectivity index (χ3v) is 5.27. The number of nitrogens with zero attached hydrogens (tertiary/aromatic N) is 3. The molecule has 0 saturated carbocycles. The zero-order valence-electron chi connectivity index (χ0n) is 15.1. The molecule has 3 aromatic rings. The smallest absolute Gasteiger partial charge is 0.234 e. The highest BCUT2D eigenvalue weighted by Crippen LogP contribution is 2.27. The second-order valence-electron chi connectivity index (χ2n) is 5.88. The van der Waals surface area contributed by atoms with Gasteiger partial charge in [0, 0.05) is 15.8 Å². The van der Waals surface area contributed by atoms with Crippen molar-refractivity contribution in [3.63, 3.8) is 0 Å². The average Bonchev–Trinajstić information content (AvgIpc) is 2.66. The molecule has 0 aliphatic carbocycles. The molecule has 7 nitrogen and oxygen atoms in total. The van der Waals surface area contributed by atoms with E-state index in [0.717, 1.165) is 15.8 Å². The molecule has 1 aromatic heterocycles. The van der Waals surface area contributed by atoms with Gasteiger partial charge in [0.25, 0.3) is 0 Å². The van der Waals surface area contributed by atoms with Gasteiger partial charge in [0.1, 0.15) is 5.82 Å². The first-order valence-electron chi connectivity index (χ1n) is 8.50. The minimum Gasteiger partial charge on any atom is -0.368 e. The molecule has 4 N–H and O–H groups in total. The Balaban J connectivity index is 1.60. The Morgan fingerprint density at radius 3 is 2.61 bits per heavy atom. The van der Waals surface area contributed by atoms with Crippen molar-refractivity contribution in [3.05, 3.63) is 64.9 Å². The van der Waals surface area contributed by atoms with Gasteiger partial charge in [-0.05, 0) is 37.3 Å². The molecule has 3 rings (SSSR count). The molecule has 0 radical (unpaired) electrons. The van der Waals surface area contributed by atoms with Crippen molar-refractivity contribution in [1.29, 1.82) is 0 Å². The number of anilines is 4. The number of amides is 1. The fourth-order valence-electron chi connectivity index (χ4n) is 2.34. The van der Waals surface area contributed by atoms with Crippen LogP contribution < -0.4 is 16.4 Å². The Morgan fingerprint density at radius 2 is 1.86 bits per heavy atom. The van der Waals surface area contributed by atoms with Gasteiger partial charge in [-0.25, -0.2) is 0 Å². The van der Waals surface area contributed by atoms with Crippen LogP contribution in [0.15, 0.2) is 59.1 Å². The van der Waals surface area contributed by atoms with Gasteiger partial charge < -0.3 is 16.4 Å². The summed E-state index contributed by atoms with van der Waals surface area (Å²) in [6, 6.07) is 17.0. The predicted molar refractivity (Wildman–Crippen MR) is 118 cm³/mol. The maximum absolute atomic E-state index is 12.2. The molecule has 1 atom stereocenters. The van der Waals surface area contributed by atoms with E-state index in [-0.39, 0.29) is 22.9 Å². The zero-order valence-corrected chi connectivity index (χ0v) is 17.5. The van der Waals surface area contributed by atoms with E-state index in [0.29, 0.717) is 11.8 Å². The van der Waals surface area contributed by atoms with Crippen LogP contribution >= 0.6 is 27.7 Å². The number of nitrogen functional groups attached to an aromatic ring is 1. The van der Waals surface area contributed by atoms with Gasteiger partial charge in [0.2, 0.25) is 17.8 Å². The van der Waals surface area contributed by atoms with E-state index >= 15 is 0 Å². The van der Waals surface area contributed by atoms with Gasteiger partial charge in [-0.15, -0.1) is 11.8 Å². The Hall–Kier alpha value is -2.65. The molecule has 0 bridgehead atoms. The van der Waals surface area contributed by atoms with E-state index < -0.39 is 0 Å². The normalized spacial score (nSPS) is 11.6. The minimum absolute atomic E-state index is 0.0976. The number of hydrogen-bond acceptors (Lipinski definition) is 7. The van der Waals surface area contributed by atoms with Crippen LogP contribution in [-0.2, 0) is 4.79 Å². The number of hydrogen-bond donors (Lipinski definition) is 3. The zero-order chi connectivity index (χ0) is 19.9. The van der Waals surface area contributed by atoms with Gasteiger partial charge in [-0.2, -0.15) is 15.0 Å². The first-order valence-corrected chi connectivity index (χ1v) is 10.3. The predicted octanol–water partition coefficient (Wildman–Crippen LogP) is 4.39.